The Morgan fingerprint density at radius 2 is 1.68 bits per heavy atom. The smallest absolute Gasteiger partial charge is 0.240 e. The Labute approximate surface area is 175 Å². The highest BCUT2D eigenvalue weighted by Gasteiger charge is 2.29. The molecular formula is C20H18N4O7. The van der Waals surface area contributed by atoms with E-state index in [4.69, 9.17) is 23.4 Å². The first-order chi connectivity index (χ1) is 15.0. The molecule has 0 radical (unpaired) electrons. The van der Waals surface area contributed by atoms with Gasteiger partial charge in [0, 0.05) is 10.9 Å². The van der Waals surface area contributed by atoms with Gasteiger partial charge in [0.2, 0.25) is 17.3 Å². The third-order valence-corrected chi connectivity index (χ3v) is 4.72. The van der Waals surface area contributed by atoms with Crippen molar-refractivity contribution in [1.82, 2.24) is 20.6 Å². The zero-order valence-electron chi connectivity index (χ0n) is 17.0. The van der Waals surface area contributed by atoms with Gasteiger partial charge in [-0.3, -0.25) is 4.79 Å². The van der Waals surface area contributed by atoms with Crippen molar-refractivity contribution < 1.29 is 33.3 Å². The van der Waals surface area contributed by atoms with Crippen LogP contribution in [-0.4, -0.2) is 60.0 Å². The summed E-state index contributed by atoms with van der Waals surface area (Å²) in [6.07, 6.45) is 0. The molecule has 0 aliphatic rings. The highest BCUT2D eigenvalue weighted by atomic mass is 16.5. The molecule has 2 N–H and O–H groups in total. The van der Waals surface area contributed by atoms with Gasteiger partial charge in [-0.05, 0) is 29.5 Å². The van der Waals surface area contributed by atoms with Gasteiger partial charge in [0.15, 0.2) is 34.4 Å². The largest absolute Gasteiger partial charge is 0.502 e. The first kappa shape index (κ1) is 20.0. The summed E-state index contributed by atoms with van der Waals surface area (Å²) in [6.45, 7) is 0. The number of H-pyrrole nitrogens is 1. The first-order valence-corrected chi connectivity index (χ1v) is 8.95. The van der Waals surface area contributed by atoms with Gasteiger partial charge in [-0.1, -0.05) is 0 Å². The van der Waals surface area contributed by atoms with Crippen LogP contribution in [0.1, 0.15) is 15.9 Å². The highest BCUT2D eigenvalue weighted by Crippen LogP contribution is 2.43. The zero-order chi connectivity index (χ0) is 22.1. The summed E-state index contributed by atoms with van der Waals surface area (Å²) in [6, 6.07) is 6.17. The molecule has 11 nitrogen and oxygen atoms in total. The first-order valence-electron chi connectivity index (χ1n) is 8.95. The average Bonchev–Trinajstić information content (AvgIpc) is 3.46. The van der Waals surface area contributed by atoms with E-state index in [0.717, 1.165) is 0 Å². The van der Waals surface area contributed by atoms with Gasteiger partial charge in [-0.2, -0.15) is 5.21 Å². The summed E-state index contributed by atoms with van der Waals surface area (Å²) in [5.41, 5.74) is 0.413. The lowest BCUT2D eigenvalue weighted by Crippen LogP contribution is -2.05. The summed E-state index contributed by atoms with van der Waals surface area (Å²) in [4.78, 5) is 13.6. The van der Waals surface area contributed by atoms with Crippen molar-refractivity contribution in [3.63, 3.8) is 0 Å². The third-order valence-electron chi connectivity index (χ3n) is 4.72. The molecule has 0 aliphatic carbocycles. The molecule has 0 spiro atoms. The van der Waals surface area contributed by atoms with Crippen LogP contribution in [0.25, 0.3) is 22.6 Å². The summed E-state index contributed by atoms with van der Waals surface area (Å²) in [5.74, 6) is 0.534. The van der Waals surface area contributed by atoms with Crippen molar-refractivity contribution in [2.75, 3.05) is 28.4 Å². The van der Waals surface area contributed by atoms with E-state index in [1.54, 1.807) is 6.07 Å². The standard InChI is InChI=1S/C20H18N4O7/c1-27-11-6-5-10-14(19(20-21-23-24-22-20)31-17(10)16(11)26)15(25)9-7-12(28-2)18(30-4)13(8-9)29-3/h5-8,26H,1-4H3,(H,21,22,23,24). The van der Waals surface area contributed by atoms with Crippen molar-refractivity contribution in [1.29, 1.82) is 0 Å². The van der Waals surface area contributed by atoms with Crippen LogP contribution in [0.2, 0.25) is 0 Å². The lowest BCUT2D eigenvalue weighted by molar-refractivity contribution is 0.103. The summed E-state index contributed by atoms with van der Waals surface area (Å²) in [5, 5.41) is 24.5. The van der Waals surface area contributed by atoms with Crippen LogP contribution in [0.3, 0.4) is 0 Å². The van der Waals surface area contributed by atoms with Crippen molar-refractivity contribution in [2.45, 2.75) is 0 Å². The fraction of sp³-hybridized carbons (Fsp3) is 0.200. The number of carbonyl (C=O) groups is 1. The number of aromatic amines is 1. The minimum Gasteiger partial charge on any atom is -0.502 e. The molecule has 0 fully saturated rings. The number of aromatic hydroxyl groups is 1. The maximum absolute atomic E-state index is 13.6. The Hall–Kier alpha value is -4.28. The highest BCUT2D eigenvalue weighted by molar-refractivity contribution is 6.20. The second kappa shape index (κ2) is 7.86. The summed E-state index contributed by atoms with van der Waals surface area (Å²) < 4.78 is 26.9. The fourth-order valence-corrected chi connectivity index (χ4v) is 3.29. The van der Waals surface area contributed by atoms with Crippen molar-refractivity contribution >= 4 is 16.8 Å². The Morgan fingerprint density at radius 3 is 2.23 bits per heavy atom. The second-order valence-corrected chi connectivity index (χ2v) is 6.28. The molecule has 0 saturated heterocycles. The van der Waals surface area contributed by atoms with Crippen molar-refractivity contribution in [3.8, 4) is 40.3 Å². The van der Waals surface area contributed by atoms with Gasteiger partial charge in [-0.15, -0.1) is 10.2 Å². The normalized spacial score (nSPS) is 10.8. The lowest BCUT2D eigenvalue weighted by Gasteiger charge is -2.13. The van der Waals surface area contributed by atoms with E-state index in [0.29, 0.717) is 22.6 Å². The number of rotatable bonds is 7. The van der Waals surface area contributed by atoms with Crippen LogP contribution < -0.4 is 18.9 Å². The number of hydrogen-bond acceptors (Lipinski definition) is 10. The maximum atomic E-state index is 13.6. The number of ketones is 1. The number of ether oxygens (including phenoxy) is 4. The van der Waals surface area contributed by atoms with Gasteiger partial charge >= 0.3 is 0 Å². The molecule has 2 aromatic heterocycles. The van der Waals surface area contributed by atoms with Crippen LogP contribution in [0.15, 0.2) is 28.7 Å². The summed E-state index contributed by atoms with van der Waals surface area (Å²) >= 11 is 0. The van der Waals surface area contributed by atoms with Gasteiger partial charge in [0.1, 0.15) is 0 Å². The number of hydrogen-bond donors (Lipinski definition) is 2. The molecule has 0 aliphatic heterocycles. The Kier molecular flexibility index (Phi) is 5.07. The van der Waals surface area contributed by atoms with Crippen LogP contribution >= 0.6 is 0 Å². The van der Waals surface area contributed by atoms with E-state index in [1.165, 1.54) is 46.6 Å². The number of nitrogens with zero attached hydrogens (tertiary/aromatic N) is 3. The Morgan fingerprint density at radius 1 is 1.00 bits per heavy atom. The minimum absolute atomic E-state index is 0.0334. The van der Waals surface area contributed by atoms with E-state index in [2.05, 4.69) is 20.6 Å². The van der Waals surface area contributed by atoms with E-state index in [9.17, 15) is 9.90 Å². The van der Waals surface area contributed by atoms with Crippen LogP contribution in [0.5, 0.6) is 28.7 Å². The molecule has 0 saturated carbocycles. The molecule has 0 bridgehead atoms. The molecule has 31 heavy (non-hydrogen) atoms. The number of furan rings is 1. The Balaban J connectivity index is 1.98. The van der Waals surface area contributed by atoms with Crippen LogP contribution in [0.4, 0.5) is 0 Å². The monoisotopic (exact) mass is 426 g/mol. The summed E-state index contributed by atoms with van der Waals surface area (Å²) in [7, 11) is 5.78. The zero-order valence-corrected chi connectivity index (χ0v) is 17.0. The number of tetrazole rings is 1. The van der Waals surface area contributed by atoms with Gasteiger partial charge in [-0.25, -0.2) is 0 Å². The molecule has 0 unspecified atom stereocenters. The number of methoxy groups -OCH3 is 4. The molecule has 0 amide bonds. The van der Waals surface area contributed by atoms with Crippen molar-refractivity contribution in [3.05, 3.63) is 35.4 Å². The molecule has 2 heterocycles. The van der Waals surface area contributed by atoms with E-state index in [1.807, 2.05) is 0 Å². The van der Waals surface area contributed by atoms with E-state index < -0.39 is 5.78 Å². The molecule has 4 rings (SSSR count). The molecule has 11 heteroatoms. The predicted molar refractivity (Wildman–Crippen MR) is 107 cm³/mol. The Bertz CT molecular complexity index is 1240. The quantitative estimate of drug-likeness (QED) is 0.423. The SMILES string of the molecule is COc1cc(C(=O)c2c(-c3nn[nH]n3)oc3c(O)c(OC)ccc23)cc(OC)c1OC. The molecule has 0 atom stereocenters. The van der Waals surface area contributed by atoms with Crippen LogP contribution in [0, 0.1) is 0 Å². The second-order valence-electron chi connectivity index (χ2n) is 6.28. The fourth-order valence-electron chi connectivity index (χ4n) is 3.29. The topological polar surface area (TPSA) is 142 Å². The number of aromatic nitrogens is 4. The predicted octanol–water partition coefficient (Wildman–Crippen LogP) is 2.58. The van der Waals surface area contributed by atoms with Crippen molar-refractivity contribution in [2.24, 2.45) is 0 Å². The van der Waals surface area contributed by atoms with Gasteiger partial charge < -0.3 is 28.5 Å². The number of fused-ring (bicyclic) bond motifs is 1. The maximum Gasteiger partial charge on any atom is 0.240 e. The van der Waals surface area contributed by atoms with E-state index >= 15 is 0 Å². The number of nitrogens with one attached hydrogen (secondary N) is 1. The third kappa shape index (κ3) is 3.16. The molecule has 2 aromatic carbocycles. The van der Waals surface area contributed by atoms with E-state index in [-0.39, 0.29) is 39.8 Å². The van der Waals surface area contributed by atoms with Crippen LogP contribution in [-0.2, 0) is 0 Å². The molecular weight excluding hydrogens is 408 g/mol. The number of phenolic OH excluding ortho intramolecular Hbond substituents is 1. The molecule has 160 valence electrons. The number of phenols is 1. The number of carbonyl (C=O) groups excluding carboxylic acids is 1. The average molecular weight is 426 g/mol. The molecule has 4 aromatic rings. The van der Waals surface area contributed by atoms with Gasteiger partial charge in [0.25, 0.3) is 0 Å². The van der Waals surface area contributed by atoms with Gasteiger partial charge in [0.05, 0.1) is 34.0 Å². The minimum atomic E-state index is -0.442. The lowest BCUT2D eigenvalue weighted by atomic mass is 9.98. The number of benzene rings is 2.